The summed E-state index contributed by atoms with van der Waals surface area (Å²) < 4.78 is 0. The number of aryl methyl sites for hydroxylation is 1. The van der Waals surface area contributed by atoms with Crippen LogP contribution in [-0.2, 0) is 26.2 Å². The number of fused-ring (bicyclic) bond motifs is 1. The molecule has 3 aliphatic heterocycles. The molecular formula is C31H40N4O3. The Balaban J connectivity index is 1.25. The summed E-state index contributed by atoms with van der Waals surface area (Å²) in [5, 5.41) is 6.42. The summed E-state index contributed by atoms with van der Waals surface area (Å²) in [4.78, 5) is 44.1. The molecule has 0 bridgehead atoms. The molecule has 3 heterocycles. The minimum absolute atomic E-state index is 0.00928. The normalized spacial score (nSPS) is 22.2. The standard InChI is InChI=1S/C31H40N4O3/c1-31(2)25-12-6-7-13-27(25)35(30(31)38)24-16-19-34(20-17-24)29(37)26(15-14-22-9-4-3-5-10-22)33-28(36)23-11-8-18-32-21-23/h3-7,9-10,12-13,23-24,26,32H,8,11,14-21H2,1-2H3,(H,33,36)/t23-,26-/m0/s1. The van der Waals surface area contributed by atoms with Crippen LogP contribution in [-0.4, -0.2) is 60.9 Å². The molecule has 0 saturated carbocycles. The lowest BCUT2D eigenvalue weighted by Gasteiger charge is -2.39. The molecule has 0 radical (unpaired) electrons. The summed E-state index contributed by atoms with van der Waals surface area (Å²) in [5.41, 5.74) is 2.70. The van der Waals surface area contributed by atoms with E-state index >= 15 is 0 Å². The molecule has 3 aliphatic rings. The van der Waals surface area contributed by atoms with Gasteiger partial charge in [0.15, 0.2) is 0 Å². The Morgan fingerprint density at radius 3 is 2.45 bits per heavy atom. The maximum absolute atomic E-state index is 13.7. The Kier molecular flexibility index (Phi) is 7.84. The van der Waals surface area contributed by atoms with Crippen molar-refractivity contribution in [3.8, 4) is 0 Å². The molecule has 2 saturated heterocycles. The van der Waals surface area contributed by atoms with Crippen molar-refractivity contribution in [3.63, 3.8) is 0 Å². The van der Waals surface area contributed by atoms with E-state index in [1.165, 1.54) is 0 Å². The maximum atomic E-state index is 13.7. The van der Waals surface area contributed by atoms with Crippen LogP contribution in [0.4, 0.5) is 5.69 Å². The van der Waals surface area contributed by atoms with E-state index in [1.54, 1.807) is 0 Å². The number of nitrogens with one attached hydrogen (secondary N) is 2. The van der Waals surface area contributed by atoms with Crippen molar-refractivity contribution in [2.45, 2.75) is 69.9 Å². The number of para-hydroxylation sites is 1. The molecule has 38 heavy (non-hydrogen) atoms. The fourth-order valence-corrected chi connectivity index (χ4v) is 6.24. The third kappa shape index (κ3) is 5.35. The van der Waals surface area contributed by atoms with Gasteiger partial charge in [0.2, 0.25) is 17.7 Å². The maximum Gasteiger partial charge on any atom is 0.245 e. The average Bonchev–Trinajstić information content (AvgIpc) is 3.16. The molecule has 2 atom stereocenters. The zero-order valence-corrected chi connectivity index (χ0v) is 22.6. The van der Waals surface area contributed by atoms with Gasteiger partial charge in [0.25, 0.3) is 0 Å². The summed E-state index contributed by atoms with van der Waals surface area (Å²) in [6.07, 6.45) is 4.59. The van der Waals surface area contributed by atoms with Crippen LogP contribution in [0.3, 0.4) is 0 Å². The van der Waals surface area contributed by atoms with Crippen LogP contribution in [0.1, 0.15) is 57.1 Å². The highest BCUT2D eigenvalue weighted by Gasteiger charge is 2.47. The van der Waals surface area contributed by atoms with E-state index in [0.717, 1.165) is 55.5 Å². The van der Waals surface area contributed by atoms with Crippen LogP contribution in [0, 0.1) is 5.92 Å². The number of carbonyl (C=O) groups is 3. The summed E-state index contributed by atoms with van der Waals surface area (Å²) in [6.45, 7) is 6.76. The number of carbonyl (C=O) groups excluding carboxylic acids is 3. The Morgan fingerprint density at radius 1 is 1.03 bits per heavy atom. The summed E-state index contributed by atoms with van der Waals surface area (Å²) in [5.74, 6) is 0.00802. The van der Waals surface area contributed by atoms with Crippen LogP contribution in [0.25, 0.3) is 0 Å². The second-order valence-electron chi connectivity index (χ2n) is 11.5. The van der Waals surface area contributed by atoms with Crippen LogP contribution >= 0.6 is 0 Å². The minimum atomic E-state index is -0.547. The van der Waals surface area contributed by atoms with E-state index in [9.17, 15) is 14.4 Å². The average molecular weight is 517 g/mol. The first-order chi connectivity index (χ1) is 18.4. The molecular weight excluding hydrogens is 476 g/mol. The summed E-state index contributed by atoms with van der Waals surface area (Å²) in [7, 11) is 0. The van der Waals surface area contributed by atoms with E-state index < -0.39 is 11.5 Å². The van der Waals surface area contributed by atoms with Gasteiger partial charge >= 0.3 is 0 Å². The van der Waals surface area contributed by atoms with Crippen molar-refractivity contribution < 1.29 is 14.4 Å². The van der Waals surface area contributed by atoms with E-state index in [-0.39, 0.29) is 29.7 Å². The highest BCUT2D eigenvalue weighted by atomic mass is 16.2. The number of anilines is 1. The fourth-order valence-electron chi connectivity index (χ4n) is 6.24. The molecule has 2 aromatic carbocycles. The first kappa shape index (κ1) is 26.4. The predicted octanol–water partition coefficient (Wildman–Crippen LogP) is 3.42. The van der Waals surface area contributed by atoms with Crippen molar-refractivity contribution >= 4 is 23.4 Å². The third-order valence-electron chi connectivity index (χ3n) is 8.58. The molecule has 202 valence electrons. The number of nitrogens with zero attached hydrogens (tertiary/aromatic N) is 2. The number of amides is 3. The van der Waals surface area contributed by atoms with Gasteiger partial charge in [-0.1, -0.05) is 48.5 Å². The minimum Gasteiger partial charge on any atom is -0.344 e. The Hall–Kier alpha value is -3.19. The summed E-state index contributed by atoms with van der Waals surface area (Å²) in [6, 6.07) is 17.7. The quantitative estimate of drug-likeness (QED) is 0.591. The lowest BCUT2D eigenvalue weighted by molar-refractivity contribution is -0.138. The van der Waals surface area contributed by atoms with Gasteiger partial charge < -0.3 is 20.4 Å². The zero-order chi connectivity index (χ0) is 26.7. The zero-order valence-electron chi connectivity index (χ0n) is 22.6. The Morgan fingerprint density at radius 2 is 1.74 bits per heavy atom. The second kappa shape index (κ2) is 11.3. The van der Waals surface area contributed by atoms with Crippen molar-refractivity contribution in [1.82, 2.24) is 15.5 Å². The number of rotatable bonds is 7. The number of hydrogen-bond donors (Lipinski definition) is 2. The van der Waals surface area contributed by atoms with Crippen LogP contribution < -0.4 is 15.5 Å². The molecule has 0 aliphatic carbocycles. The SMILES string of the molecule is CC1(C)C(=O)N(C2CCN(C(=O)[C@H](CCc3ccccc3)NC(=O)[C@H]3CCCNC3)CC2)c2ccccc21. The monoisotopic (exact) mass is 516 g/mol. The number of likely N-dealkylation sites (tertiary alicyclic amines) is 1. The Bertz CT molecular complexity index is 1150. The molecule has 0 aromatic heterocycles. The lowest BCUT2D eigenvalue weighted by atomic mass is 9.86. The van der Waals surface area contributed by atoms with E-state index in [2.05, 4.69) is 22.8 Å². The van der Waals surface area contributed by atoms with Crippen molar-refractivity contribution in [3.05, 3.63) is 65.7 Å². The van der Waals surface area contributed by atoms with Crippen LogP contribution in [0.2, 0.25) is 0 Å². The van der Waals surface area contributed by atoms with Gasteiger partial charge in [-0.05, 0) is 76.1 Å². The fraction of sp³-hybridized carbons (Fsp3) is 0.516. The number of piperidine rings is 2. The third-order valence-corrected chi connectivity index (χ3v) is 8.58. The largest absolute Gasteiger partial charge is 0.344 e. The van der Waals surface area contributed by atoms with Gasteiger partial charge in [-0.3, -0.25) is 14.4 Å². The smallest absolute Gasteiger partial charge is 0.245 e. The van der Waals surface area contributed by atoms with E-state index in [1.807, 2.05) is 66.1 Å². The molecule has 7 heteroatoms. The van der Waals surface area contributed by atoms with E-state index in [4.69, 9.17) is 0 Å². The first-order valence-electron chi connectivity index (χ1n) is 14.1. The molecule has 0 unspecified atom stereocenters. The van der Waals surface area contributed by atoms with Crippen molar-refractivity contribution in [2.75, 3.05) is 31.1 Å². The molecule has 2 aromatic rings. The lowest BCUT2D eigenvalue weighted by Crippen LogP contribution is -2.55. The predicted molar refractivity (Wildman–Crippen MR) is 149 cm³/mol. The molecule has 7 nitrogen and oxygen atoms in total. The van der Waals surface area contributed by atoms with Gasteiger partial charge in [0.05, 0.1) is 11.3 Å². The van der Waals surface area contributed by atoms with Gasteiger partial charge in [-0.2, -0.15) is 0 Å². The highest BCUT2D eigenvalue weighted by Crippen LogP contribution is 2.43. The van der Waals surface area contributed by atoms with Gasteiger partial charge in [-0.25, -0.2) is 0 Å². The van der Waals surface area contributed by atoms with Crippen molar-refractivity contribution in [1.29, 1.82) is 0 Å². The topological polar surface area (TPSA) is 81.8 Å². The highest BCUT2D eigenvalue weighted by molar-refractivity contribution is 6.08. The molecule has 0 spiro atoms. The van der Waals surface area contributed by atoms with Gasteiger partial charge in [0.1, 0.15) is 6.04 Å². The molecule has 2 fully saturated rings. The molecule has 5 rings (SSSR count). The summed E-state index contributed by atoms with van der Waals surface area (Å²) >= 11 is 0. The Labute approximate surface area is 226 Å². The number of benzene rings is 2. The first-order valence-corrected chi connectivity index (χ1v) is 14.1. The van der Waals surface area contributed by atoms with Gasteiger partial charge in [-0.15, -0.1) is 0 Å². The van der Waals surface area contributed by atoms with Crippen LogP contribution in [0.15, 0.2) is 54.6 Å². The molecule has 3 amide bonds. The second-order valence-corrected chi connectivity index (χ2v) is 11.5. The van der Waals surface area contributed by atoms with Crippen LogP contribution in [0.5, 0.6) is 0 Å². The van der Waals surface area contributed by atoms with Crippen molar-refractivity contribution in [2.24, 2.45) is 5.92 Å². The molecule has 2 N–H and O–H groups in total. The number of hydrogen-bond acceptors (Lipinski definition) is 4. The van der Waals surface area contributed by atoms with E-state index in [0.29, 0.717) is 26.1 Å². The van der Waals surface area contributed by atoms with Gasteiger partial charge in [0, 0.05) is 31.4 Å².